The Hall–Kier alpha value is -2.63. The standard InChI is InChI=1S/C19H22N2O4/c1-11-8-12(2)10-14(9-11)25-13(3)17(22)20-21-18(23)15-6-4-5-7-16(15)19(21)24/h4-5,8-10,13,15-16H,6-7H2,1-3H3,(H,20,22). The van der Waals surface area contributed by atoms with Crippen LogP contribution in [0, 0.1) is 25.7 Å². The normalized spacial score (nSPS) is 23.4. The molecule has 1 aromatic rings. The molecule has 0 bridgehead atoms. The molecule has 1 heterocycles. The highest BCUT2D eigenvalue weighted by Gasteiger charge is 2.48. The number of rotatable bonds is 4. The fourth-order valence-electron chi connectivity index (χ4n) is 3.37. The van der Waals surface area contributed by atoms with Crippen LogP contribution in [0.5, 0.6) is 5.75 Å². The maximum atomic E-state index is 12.4. The molecule has 0 saturated carbocycles. The van der Waals surface area contributed by atoms with E-state index in [9.17, 15) is 14.4 Å². The number of imide groups is 1. The molecule has 1 saturated heterocycles. The number of hydrazine groups is 1. The summed E-state index contributed by atoms with van der Waals surface area (Å²) in [6.07, 6.45) is 4.06. The number of benzene rings is 1. The Labute approximate surface area is 146 Å². The van der Waals surface area contributed by atoms with Crippen molar-refractivity contribution in [3.8, 4) is 5.75 Å². The van der Waals surface area contributed by atoms with Gasteiger partial charge < -0.3 is 4.74 Å². The number of carbonyl (C=O) groups is 3. The first-order valence-electron chi connectivity index (χ1n) is 8.45. The van der Waals surface area contributed by atoms with Crippen molar-refractivity contribution in [3.63, 3.8) is 0 Å². The number of aryl methyl sites for hydroxylation is 2. The largest absolute Gasteiger partial charge is 0.481 e. The molecule has 3 amide bonds. The number of amides is 3. The first-order chi connectivity index (χ1) is 11.9. The highest BCUT2D eigenvalue weighted by Crippen LogP contribution is 2.34. The van der Waals surface area contributed by atoms with Crippen molar-refractivity contribution in [3.05, 3.63) is 41.5 Å². The van der Waals surface area contributed by atoms with Crippen molar-refractivity contribution < 1.29 is 19.1 Å². The Balaban J connectivity index is 1.65. The predicted molar refractivity (Wildman–Crippen MR) is 91.4 cm³/mol. The summed E-state index contributed by atoms with van der Waals surface area (Å²) in [6.45, 7) is 5.48. The number of fused-ring (bicyclic) bond motifs is 1. The Morgan fingerprint density at radius 1 is 1.08 bits per heavy atom. The summed E-state index contributed by atoms with van der Waals surface area (Å²) < 4.78 is 5.66. The maximum absolute atomic E-state index is 12.4. The molecule has 3 rings (SSSR count). The molecule has 1 aromatic carbocycles. The Morgan fingerprint density at radius 3 is 2.12 bits per heavy atom. The van der Waals surface area contributed by atoms with Gasteiger partial charge in [0, 0.05) is 0 Å². The molecule has 1 fully saturated rings. The zero-order valence-electron chi connectivity index (χ0n) is 14.6. The molecule has 1 aliphatic heterocycles. The van der Waals surface area contributed by atoms with Crippen LogP contribution in [0.25, 0.3) is 0 Å². The van der Waals surface area contributed by atoms with E-state index < -0.39 is 12.0 Å². The second-order valence-electron chi connectivity index (χ2n) is 6.73. The summed E-state index contributed by atoms with van der Waals surface area (Å²) in [7, 11) is 0. The van der Waals surface area contributed by atoms with Crippen LogP contribution in [0.4, 0.5) is 0 Å². The van der Waals surface area contributed by atoms with Gasteiger partial charge in [0.1, 0.15) is 5.75 Å². The minimum atomic E-state index is -0.831. The van der Waals surface area contributed by atoms with E-state index in [4.69, 9.17) is 4.74 Å². The van der Waals surface area contributed by atoms with E-state index in [2.05, 4.69) is 5.43 Å². The van der Waals surface area contributed by atoms with Gasteiger partial charge in [-0.15, -0.1) is 0 Å². The van der Waals surface area contributed by atoms with Crippen LogP contribution in [-0.4, -0.2) is 28.8 Å². The van der Waals surface area contributed by atoms with Crippen molar-refractivity contribution in [2.24, 2.45) is 11.8 Å². The summed E-state index contributed by atoms with van der Waals surface area (Å²) in [5.41, 5.74) is 4.49. The molecule has 132 valence electrons. The Bertz CT molecular complexity index is 710. The molecule has 0 radical (unpaired) electrons. The number of allylic oxidation sites excluding steroid dienone is 2. The second-order valence-corrected chi connectivity index (χ2v) is 6.73. The number of hydrogen-bond donors (Lipinski definition) is 1. The molecular weight excluding hydrogens is 320 g/mol. The van der Waals surface area contributed by atoms with Gasteiger partial charge in [0.15, 0.2) is 6.10 Å². The van der Waals surface area contributed by atoms with Crippen LogP contribution >= 0.6 is 0 Å². The fraction of sp³-hybridized carbons (Fsp3) is 0.421. The average molecular weight is 342 g/mol. The van der Waals surface area contributed by atoms with E-state index in [-0.39, 0.29) is 23.7 Å². The molecule has 6 nitrogen and oxygen atoms in total. The van der Waals surface area contributed by atoms with Crippen molar-refractivity contribution in [1.82, 2.24) is 10.4 Å². The zero-order chi connectivity index (χ0) is 18.1. The third-order valence-electron chi connectivity index (χ3n) is 4.61. The number of hydrogen-bond acceptors (Lipinski definition) is 4. The summed E-state index contributed by atoms with van der Waals surface area (Å²) in [6, 6.07) is 5.68. The molecule has 6 heteroatoms. The Morgan fingerprint density at radius 2 is 1.60 bits per heavy atom. The molecule has 1 N–H and O–H groups in total. The Kier molecular flexibility index (Phi) is 4.61. The highest BCUT2D eigenvalue weighted by atomic mass is 16.5. The molecular formula is C19H22N2O4. The van der Waals surface area contributed by atoms with E-state index in [1.54, 1.807) is 6.92 Å². The number of ether oxygens (including phenoxy) is 1. The van der Waals surface area contributed by atoms with Crippen molar-refractivity contribution in [2.75, 3.05) is 0 Å². The van der Waals surface area contributed by atoms with Crippen LogP contribution in [0.1, 0.15) is 30.9 Å². The maximum Gasteiger partial charge on any atom is 0.279 e. The van der Waals surface area contributed by atoms with E-state index in [1.165, 1.54) is 0 Å². The molecule has 0 spiro atoms. The van der Waals surface area contributed by atoms with Crippen LogP contribution in [0.3, 0.4) is 0 Å². The van der Waals surface area contributed by atoms with E-state index in [0.717, 1.165) is 16.1 Å². The van der Waals surface area contributed by atoms with E-state index in [1.807, 2.05) is 44.2 Å². The average Bonchev–Trinajstić information content (AvgIpc) is 2.79. The lowest BCUT2D eigenvalue weighted by Gasteiger charge is -2.20. The topological polar surface area (TPSA) is 75.7 Å². The number of nitrogens with zero attached hydrogens (tertiary/aromatic N) is 1. The summed E-state index contributed by atoms with van der Waals surface area (Å²) in [5, 5.41) is 0.867. The molecule has 25 heavy (non-hydrogen) atoms. The lowest BCUT2D eigenvalue weighted by molar-refractivity contribution is -0.151. The fourth-order valence-corrected chi connectivity index (χ4v) is 3.37. The van der Waals surface area contributed by atoms with Gasteiger partial charge in [-0.2, -0.15) is 5.01 Å². The summed E-state index contributed by atoms with van der Waals surface area (Å²) in [5.74, 6) is -1.36. The SMILES string of the molecule is Cc1cc(C)cc(OC(C)C(=O)NN2C(=O)C3CC=CCC3C2=O)c1. The second kappa shape index (κ2) is 6.70. The van der Waals surface area contributed by atoms with Gasteiger partial charge >= 0.3 is 0 Å². The van der Waals surface area contributed by atoms with Crippen molar-refractivity contribution in [2.45, 2.75) is 39.7 Å². The predicted octanol–water partition coefficient (Wildman–Crippen LogP) is 2.05. The molecule has 3 unspecified atom stereocenters. The number of carbonyl (C=O) groups excluding carboxylic acids is 3. The van der Waals surface area contributed by atoms with Gasteiger partial charge in [-0.1, -0.05) is 18.2 Å². The quantitative estimate of drug-likeness (QED) is 0.671. The molecule has 0 aromatic heterocycles. The summed E-state index contributed by atoms with van der Waals surface area (Å²) >= 11 is 0. The van der Waals surface area contributed by atoms with Crippen LogP contribution < -0.4 is 10.2 Å². The van der Waals surface area contributed by atoms with Gasteiger partial charge in [-0.25, -0.2) is 0 Å². The number of nitrogens with one attached hydrogen (secondary N) is 1. The summed E-state index contributed by atoms with van der Waals surface area (Å²) in [4.78, 5) is 37.1. The monoisotopic (exact) mass is 342 g/mol. The van der Waals surface area contributed by atoms with Gasteiger partial charge in [0.2, 0.25) is 0 Å². The zero-order valence-corrected chi connectivity index (χ0v) is 14.6. The molecule has 3 atom stereocenters. The van der Waals surface area contributed by atoms with Gasteiger partial charge in [-0.3, -0.25) is 19.8 Å². The third kappa shape index (κ3) is 3.43. The lowest BCUT2D eigenvalue weighted by atomic mass is 9.85. The smallest absolute Gasteiger partial charge is 0.279 e. The van der Waals surface area contributed by atoms with Crippen molar-refractivity contribution in [1.29, 1.82) is 0 Å². The third-order valence-corrected chi connectivity index (χ3v) is 4.61. The van der Waals surface area contributed by atoms with Crippen molar-refractivity contribution >= 4 is 17.7 Å². The van der Waals surface area contributed by atoms with E-state index >= 15 is 0 Å². The molecule has 2 aliphatic rings. The van der Waals surface area contributed by atoms with Crippen LogP contribution in [0.15, 0.2) is 30.4 Å². The van der Waals surface area contributed by atoms with Gasteiger partial charge in [0.25, 0.3) is 17.7 Å². The first kappa shape index (κ1) is 17.2. The minimum Gasteiger partial charge on any atom is -0.481 e. The molecule has 1 aliphatic carbocycles. The van der Waals surface area contributed by atoms with Crippen LogP contribution in [-0.2, 0) is 14.4 Å². The highest BCUT2D eigenvalue weighted by molar-refractivity contribution is 6.06. The lowest BCUT2D eigenvalue weighted by Crippen LogP contribution is -2.50. The van der Waals surface area contributed by atoms with E-state index in [0.29, 0.717) is 18.6 Å². The van der Waals surface area contributed by atoms with Gasteiger partial charge in [-0.05, 0) is 56.9 Å². The first-order valence-corrected chi connectivity index (χ1v) is 8.45. The van der Waals surface area contributed by atoms with Crippen LogP contribution in [0.2, 0.25) is 0 Å². The van der Waals surface area contributed by atoms with Gasteiger partial charge in [0.05, 0.1) is 11.8 Å². The minimum absolute atomic E-state index is 0.341.